The molecular weight excluding hydrogens is 562 g/mol. The maximum Gasteiger partial charge on any atom is 0.243 e. The second-order valence-corrected chi connectivity index (χ2v) is 16.1. The molecule has 2 aliphatic heterocycles. The maximum atomic E-state index is 13.8. The van der Waals surface area contributed by atoms with Crippen molar-refractivity contribution in [1.82, 2.24) is 14.1 Å². The van der Waals surface area contributed by atoms with Crippen molar-refractivity contribution in [2.24, 2.45) is 5.92 Å². The molecule has 2 aromatic carbocycles. The van der Waals surface area contributed by atoms with Gasteiger partial charge in [0.25, 0.3) is 0 Å². The minimum Gasteiger partial charge on any atom is -0.233 e. The van der Waals surface area contributed by atoms with E-state index < -0.39 is 10.0 Å². The van der Waals surface area contributed by atoms with Crippen LogP contribution in [0.3, 0.4) is 0 Å². The number of benzene rings is 2. The Kier molecular flexibility index (Phi) is 7.52. The largest absolute Gasteiger partial charge is 0.243 e. The number of rotatable bonds is 4. The van der Waals surface area contributed by atoms with Gasteiger partial charge in [-0.3, -0.25) is 0 Å². The van der Waals surface area contributed by atoms with Crippen molar-refractivity contribution in [3.8, 4) is 5.69 Å². The first-order chi connectivity index (χ1) is 19.1. The number of allylic oxidation sites excluding steroid dienone is 1. The summed E-state index contributed by atoms with van der Waals surface area (Å²) in [5.74, 6) is 1.97. The van der Waals surface area contributed by atoms with E-state index in [0.29, 0.717) is 24.4 Å². The van der Waals surface area contributed by atoms with Crippen molar-refractivity contribution in [2.45, 2.75) is 49.8 Å². The molecule has 5 nitrogen and oxygen atoms in total. The van der Waals surface area contributed by atoms with E-state index in [1.54, 1.807) is 28.6 Å². The van der Waals surface area contributed by atoms with Crippen LogP contribution in [0.25, 0.3) is 11.8 Å². The van der Waals surface area contributed by atoms with Crippen LogP contribution in [0, 0.1) is 11.7 Å². The molecule has 0 amide bonds. The van der Waals surface area contributed by atoms with Gasteiger partial charge in [-0.2, -0.15) is 9.40 Å². The molecule has 0 saturated carbocycles. The van der Waals surface area contributed by atoms with Gasteiger partial charge in [0.15, 0.2) is 0 Å². The first-order valence-electron chi connectivity index (χ1n) is 13.7. The van der Waals surface area contributed by atoms with Crippen molar-refractivity contribution in [3.05, 3.63) is 93.3 Å². The van der Waals surface area contributed by atoms with Crippen LogP contribution in [0.5, 0.6) is 0 Å². The smallest absolute Gasteiger partial charge is 0.233 e. The summed E-state index contributed by atoms with van der Waals surface area (Å²) in [6.07, 6.45) is 8.30. The normalized spacial score (nSPS) is 21.9. The second kappa shape index (κ2) is 10.8. The number of piperidine rings is 1. The Morgan fingerprint density at radius 1 is 1.02 bits per heavy atom. The number of halogens is 1. The first kappa shape index (κ1) is 27.8. The van der Waals surface area contributed by atoms with Crippen molar-refractivity contribution in [3.63, 3.8) is 0 Å². The topological polar surface area (TPSA) is 55.2 Å². The Labute approximate surface area is 245 Å². The van der Waals surface area contributed by atoms with Crippen molar-refractivity contribution in [1.29, 1.82) is 0 Å². The summed E-state index contributed by atoms with van der Waals surface area (Å²) in [5.41, 5.74) is 5.22. The quantitative estimate of drug-likeness (QED) is 0.319. The van der Waals surface area contributed by atoms with Gasteiger partial charge in [0.2, 0.25) is 10.0 Å². The standard InChI is InChI=1S/C31H34FN3O2S3/c1-31(2,3)22-5-11-25(12-6-22)40(36,37)34-14-13-21-17-29-27(19-33-35(29)24-9-7-23(32)8-10-24)26(28(21)20-34)18-30-38-15-4-16-39-30/h5-12,17-19,26,28H,4,13-16,20H2,1-3H3/t26-,28-/m0/s1. The zero-order valence-corrected chi connectivity index (χ0v) is 25.5. The Balaban J connectivity index is 1.36. The van der Waals surface area contributed by atoms with Gasteiger partial charge in [0, 0.05) is 34.7 Å². The van der Waals surface area contributed by atoms with Crippen LogP contribution in [0.4, 0.5) is 4.39 Å². The predicted octanol–water partition coefficient (Wildman–Crippen LogP) is 7.21. The van der Waals surface area contributed by atoms with Crippen LogP contribution in [-0.2, 0) is 15.4 Å². The molecule has 3 aromatic rings. The summed E-state index contributed by atoms with van der Waals surface area (Å²) >= 11 is 3.77. The number of sulfonamides is 1. The minimum absolute atomic E-state index is 0.0126. The van der Waals surface area contributed by atoms with Crippen LogP contribution in [-0.4, -0.2) is 47.1 Å². The number of hydrogen-bond donors (Lipinski definition) is 0. The lowest BCUT2D eigenvalue weighted by atomic mass is 9.74. The molecule has 0 unspecified atom stereocenters. The van der Waals surface area contributed by atoms with E-state index in [2.05, 4.69) is 32.9 Å². The summed E-state index contributed by atoms with van der Waals surface area (Å²) in [6.45, 7) is 7.25. The van der Waals surface area contributed by atoms with E-state index >= 15 is 0 Å². The van der Waals surface area contributed by atoms with Gasteiger partial charge in [-0.15, -0.1) is 23.5 Å². The number of thioether (sulfide) groups is 2. The van der Waals surface area contributed by atoms with Crippen LogP contribution in [0.15, 0.2) is 75.5 Å². The molecule has 9 heteroatoms. The van der Waals surface area contributed by atoms with E-state index in [4.69, 9.17) is 5.10 Å². The molecule has 3 aliphatic rings. The number of fused-ring (bicyclic) bond motifs is 2. The van der Waals surface area contributed by atoms with E-state index in [1.165, 1.54) is 28.4 Å². The van der Waals surface area contributed by atoms with Gasteiger partial charge in [0.05, 0.1) is 22.5 Å². The fourth-order valence-corrected chi connectivity index (χ4v) is 9.68. The third kappa shape index (κ3) is 5.33. The van der Waals surface area contributed by atoms with Gasteiger partial charge in [-0.05, 0) is 77.8 Å². The van der Waals surface area contributed by atoms with Crippen LogP contribution in [0.1, 0.15) is 56.4 Å². The van der Waals surface area contributed by atoms with E-state index in [0.717, 1.165) is 34.0 Å². The van der Waals surface area contributed by atoms with Gasteiger partial charge >= 0.3 is 0 Å². The number of nitrogens with zero attached hydrogens (tertiary/aromatic N) is 3. The molecule has 2 saturated heterocycles. The van der Waals surface area contributed by atoms with Crippen molar-refractivity contribution < 1.29 is 12.8 Å². The molecule has 2 fully saturated rings. The SMILES string of the molecule is CC(C)(C)c1ccc(S(=O)(=O)N2CCC3=Cc4c(cnn4-c4ccc(F)cc4)[C@H](C=C4SCCCS4)[C@H]3C2)cc1. The predicted molar refractivity (Wildman–Crippen MR) is 164 cm³/mol. The fourth-order valence-electron chi connectivity index (χ4n) is 5.73. The van der Waals surface area contributed by atoms with Gasteiger partial charge in [-0.1, -0.05) is 44.6 Å². The number of hydrogen-bond acceptors (Lipinski definition) is 5. The molecule has 0 N–H and O–H groups in total. The van der Waals surface area contributed by atoms with Crippen LogP contribution >= 0.6 is 23.5 Å². The zero-order valence-electron chi connectivity index (χ0n) is 23.0. The Bertz CT molecular complexity index is 1560. The molecule has 0 spiro atoms. The summed E-state index contributed by atoms with van der Waals surface area (Å²) in [6, 6.07) is 13.8. The molecule has 0 radical (unpaired) electrons. The lowest BCUT2D eigenvalue weighted by Gasteiger charge is -2.40. The second-order valence-electron chi connectivity index (χ2n) is 11.6. The molecule has 1 aliphatic carbocycles. The summed E-state index contributed by atoms with van der Waals surface area (Å²) in [4.78, 5) is 0.349. The third-order valence-corrected chi connectivity index (χ3v) is 12.4. The molecule has 40 heavy (non-hydrogen) atoms. The lowest BCUT2D eigenvalue weighted by molar-refractivity contribution is 0.308. The first-order valence-corrected chi connectivity index (χ1v) is 17.1. The fraction of sp³-hybridized carbons (Fsp3) is 0.387. The average Bonchev–Trinajstić information content (AvgIpc) is 3.37. The zero-order chi connectivity index (χ0) is 28.1. The molecule has 210 valence electrons. The molecule has 3 heterocycles. The minimum atomic E-state index is -3.63. The molecule has 1 aromatic heterocycles. The highest BCUT2D eigenvalue weighted by molar-refractivity contribution is 8.22. The highest BCUT2D eigenvalue weighted by Crippen LogP contribution is 2.47. The third-order valence-electron chi connectivity index (χ3n) is 8.00. The molecule has 0 bridgehead atoms. The molecular formula is C31H34FN3O2S3. The van der Waals surface area contributed by atoms with Gasteiger partial charge < -0.3 is 0 Å². The van der Waals surface area contributed by atoms with Gasteiger partial charge in [-0.25, -0.2) is 17.5 Å². The van der Waals surface area contributed by atoms with Crippen molar-refractivity contribution in [2.75, 3.05) is 24.6 Å². The summed E-state index contributed by atoms with van der Waals surface area (Å²) in [5, 5.41) is 4.72. The Morgan fingerprint density at radius 3 is 2.40 bits per heavy atom. The highest BCUT2D eigenvalue weighted by Gasteiger charge is 2.40. The summed E-state index contributed by atoms with van der Waals surface area (Å²) < 4.78 is 46.1. The number of aromatic nitrogens is 2. The van der Waals surface area contributed by atoms with E-state index in [1.807, 2.05) is 46.5 Å². The molecule has 2 atom stereocenters. The van der Waals surface area contributed by atoms with E-state index in [9.17, 15) is 12.8 Å². The summed E-state index contributed by atoms with van der Waals surface area (Å²) in [7, 11) is -3.63. The van der Waals surface area contributed by atoms with Crippen LogP contribution < -0.4 is 0 Å². The Hall–Kier alpha value is -2.33. The van der Waals surface area contributed by atoms with E-state index in [-0.39, 0.29) is 23.1 Å². The van der Waals surface area contributed by atoms with Crippen LogP contribution in [0.2, 0.25) is 0 Å². The monoisotopic (exact) mass is 595 g/mol. The highest BCUT2D eigenvalue weighted by atomic mass is 32.2. The maximum absolute atomic E-state index is 13.8. The molecule has 6 rings (SSSR count). The lowest BCUT2D eigenvalue weighted by Crippen LogP contribution is -2.43. The van der Waals surface area contributed by atoms with Gasteiger partial charge in [0.1, 0.15) is 5.82 Å². The Morgan fingerprint density at radius 2 is 1.73 bits per heavy atom. The van der Waals surface area contributed by atoms with Crippen molar-refractivity contribution >= 4 is 39.6 Å². The average molecular weight is 596 g/mol.